The van der Waals surface area contributed by atoms with E-state index >= 15 is 0 Å². The minimum atomic E-state index is -1.42. The van der Waals surface area contributed by atoms with Gasteiger partial charge in [-0.1, -0.05) is 18.2 Å². The van der Waals surface area contributed by atoms with Gasteiger partial charge in [0, 0.05) is 31.1 Å². The average Bonchev–Trinajstić information content (AvgIpc) is 3.03. The highest BCUT2D eigenvalue weighted by Crippen LogP contribution is 2.49. The van der Waals surface area contributed by atoms with Gasteiger partial charge in [-0.05, 0) is 43.9 Å². The number of carbonyl (C=O) groups excluding carboxylic acids is 1. The van der Waals surface area contributed by atoms with Crippen molar-refractivity contribution in [3.63, 3.8) is 0 Å². The van der Waals surface area contributed by atoms with E-state index in [0.29, 0.717) is 12.1 Å². The molecule has 124 valence electrons. The highest BCUT2D eigenvalue weighted by molar-refractivity contribution is 6.14. The molecule has 4 heteroatoms. The molecule has 0 unspecified atom stereocenters. The van der Waals surface area contributed by atoms with Gasteiger partial charge in [0.1, 0.15) is 0 Å². The van der Waals surface area contributed by atoms with Crippen LogP contribution in [0.25, 0.3) is 0 Å². The van der Waals surface area contributed by atoms with Gasteiger partial charge >= 0.3 is 0 Å². The number of benzene rings is 1. The molecule has 1 fully saturated rings. The first-order valence-corrected chi connectivity index (χ1v) is 8.51. The quantitative estimate of drug-likeness (QED) is 0.875. The molecule has 24 heavy (non-hydrogen) atoms. The second-order valence-corrected chi connectivity index (χ2v) is 7.06. The number of hydrogen-bond acceptors (Lipinski definition) is 3. The summed E-state index contributed by atoms with van der Waals surface area (Å²) < 4.78 is 1.87. The molecule has 0 amide bonds. The predicted octanol–water partition coefficient (Wildman–Crippen LogP) is 3.33. The third kappa shape index (κ3) is 1.89. The number of hydrogen-bond donors (Lipinski definition) is 1. The molecule has 0 spiro atoms. The van der Waals surface area contributed by atoms with Crippen LogP contribution in [0.1, 0.15) is 41.6 Å². The minimum absolute atomic E-state index is 0.0755. The van der Waals surface area contributed by atoms with Gasteiger partial charge in [0.05, 0.1) is 17.1 Å². The number of nitrogens with zero attached hydrogens (tertiary/aromatic N) is 2. The molecule has 1 heterocycles. The number of para-hydroxylation sites is 1. The predicted molar refractivity (Wildman–Crippen MR) is 93.8 cm³/mol. The average molecular weight is 322 g/mol. The van der Waals surface area contributed by atoms with E-state index in [1.54, 1.807) is 0 Å². The zero-order valence-corrected chi connectivity index (χ0v) is 14.3. The Hall–Kier alpha value is -2.20. The summed E-state index contributed by atoms with van der Waals surface area (Å²) in [5.74, 6) is -0.316. The van der Waals surface area contributed by atoms with Crippen LogP contribution in [0.4, 0.5) is 5.69 Å². The van der Waals surface area contributed by atoms with Crippen molar-refractivity contribution in [3.05, 3.63) is 52.8 Å². The van der Waals surface area contributed by atoms with Crippen molar-refractivity contribution in [2.75, 3.05) is 0 Å². The van der Waals surface area contributed by atoms with E-state index in [2.05, 4.69) is 0 Å². The first kappa shape index (κ1) is 15.3. The van der Waals surface area contributed by atoms with Gasteiger partial charge in [0.25, 0.3) is 0 Å². The Labute approximate surface area is 141 Å². The zero-order valence-electron chi connectivity index (χ0n) is 14.3. The van der Waals surface area contributed by atoms with Crippen LogP contribution in [0.15, 0.2) is 35.5 Å². The van der Waals surface area contributed by atoms with Crippen LogP contribution < -0.4 is 0 Å². The van der Waals surface area contributed by atoms with Gasteiger partial charge in [-0.3, -0.25) is 9.79 Å². The van der Waals surface area contributed by atoms with Gasteiger partial charge < -0.3 is 9.67 Å². The molecule has 0 saturated heterocycles. The third-order valence-corrected chi connectivity index (χ3v) is 5.54. The number of rotatable bonds is 1. The molecule has 2 aliphatic carbocycles. The van der Waals surface area contributed by atoms with Crippen molar-refractivity contribution >= 4 is 17.2 Å². The summed E-state index contributed by atoms with van der Waals surface area (Å²) in [7, 11) is 1.89. The lowest BCUT2D eigenvalue weighted by molar-refractivity contribution is -0.145. The van der Waals surface area contributed by atoms with Gasteiger partial charge in [-0.2, -0.15) is 0 Å². The Morgan fingerprint density at radius 2 is 1.96 bits per heavy atom. The molecule has 2 aliphatic rings. The molecule has 1 aromatic carbocycles. The lowest BCUT2D eigenvalue weighted by Gasteiger charge is -2.34. The number of ketones is 1. The highest BCUT2D eigenvalue weighted by atomic mass is 16.3. The maximum Gasteiger partial charge on any atom is 0.171 e. The first-order chi connectivity index (χ1) is 11.4. The van der Waals surface area contributed by atoms with E-state index < -0.39 is 5.60 Å². The Morgan fingerprint density at radius 1 is 1.25 bits per heavy atom. The van der Waals surface area contributed by atoms with Crippen LogP contribution in [0.5, 0.6) is 0 Å². The molecular formula is C20H22N2O2. The number of aromatic nitrogens is 1. The molecule has 0 bridgehead atoms. The molecule has 2 atom stereocenters. The largest absolute Gasteiger partial charge is 0.375 e. The van der Waals surface area contributed by atoms with Crippen LogP contribution >= 0.6 is 0 Å². The molecule has 1 aromatic heterocycles. The smallest absolute Gasteiger partial charge is 0.171 e. The van der Waals surface area contributed by atoms with Crippen molar-refractivity contribution in [1.29, 1.82) is 0 Å². The maximum atomic E-state index is 12.6. The van der Waals surface area contributed by atoms with E-state index in [1.165, 1.54) is 0 Å². The Morgan fingerprint density at radius 3 is 2.67 bits per heavy atom. The highest BCUT2D eigenvalue weighted by Gasteiger charge is 2.57. The van der Waals surface area contributed by atoms with Gasteiger partial charge in [-0.15, -0.1) is 0 Å². The second kappa shape index (κ2) is 5.15. The molecule has 1 saturated carbocycles. The lowest BCUT2D eigenvalue weighted by Crippen LogP contribution is -2.45. The molecule has 2 aromatic rings. The van der Waals surface area contributed by atoms with Gasteiger partial charge in [-0.25, -0.2) is 0 Å². The fraction of sp³-hybridized carbons (Fsp3) is 0.400. The molecule has 0 radical (unpaired) electrons. The van der Waals surface area contributed by atoms with Gasteiger partial charge in [0.2, 0.25) is 0 Å². The molecular weight excluding hydrogens is 300 g/mol. The van der Waals surface area contributed by atoms with Crippen LogP contribution in [0.2, 0.25) is 0 Å². The number of aryl methyl sites for hydroxylation is 3. The van der Waals surface area contributed by atoms with Crippen molar-refractivity contribution in [1.82, 2.24) is 4.57 Å². The summed E-state index contributed by atoms with van der Waals surface area (Å²) in [6, 6.07) is 8.10. The van der Waals surface area contributed by atoms with Crippen molar-refractivity contribution in [2.24, 2.45) is 18.0 Å². The van der Waals surface area contributed by atoms with Crippen LogP contribution in [-0.2, 0) is 17.4 Å². The number of aliphatic hydroxyl groups is 1. The molecule has 0 aliphatic heterocycles. The van der Waals surface area contributed by atoms with Gasteiger partial charge in [0.15, 0.2) is 11.4 Å². The zero-order chi connectivity index (χ0) is 17.1. The van der Waals surface area contributed by atoms with Crippen molar-refractivity contribution in [2.45, 2.75) is 38.7 Å². The number of fused-ring (bicyclic) bond motifs is 3. The minimum Gasteiger partial charge on any atom is -0.375 e. The molecule has 4 rings (SSSR count). The summed E-state index contributed by atoms with van der Waals surface area (Å²) in [6.45, 7) is 4.09. The first-order valence-electron chi connectivity index (χ1n) is 8.51. The van der Waals surface area contributed by atoms with Crippen LogP contribution in [0.3, 0.4) is 0 Å². The van der Waals surface area contributed by atoms with E-state index in [9.17, 15) is 9.90 Å². The van der Waals surface area contributed by atoms with Crippen LogP contribution in [0, 0.1) is 19.8 Å². The lowest BCUT2D eigenvalue weighted by atomic mass is 9.75. The topological polar surface area (TPSA) is 54.6 Å². The van der Waals surface area contributed by atoms with Crippen molar-refractivity contribution in [3.8, 4) is 0 Å². The normalized spacial score (nSPS) is 27.4. The Bertz CT molecular complexity index is 858. The summed E-state index contributed by atoms with van der Waals surface area (Å²) >= 11 is 0. The third-order valence-electron chi connectivity index (χ3n) is 5.54. The summed E-state index contributed by atoms with van der Waals surface area (Å²) in [4.78, 5) is 17.6. The fourth-order valence-electron chi connectivity index (χ4n) is 4.33. The van der Waals surface area contributed by atoms with E-state index in [0.717, 1.165) is 40.9 Å². The number of Topliss-reactive ketones (excluding diaryl/α,β-unsaturated/α-hetero) is 1. The second-order valence-electron chi connectivity index (χ2n) is 7.06. The molecule has 1 N–H and O–H groups in total. The van der Waals surface area contributed by atoms with E-state index in [1.807, 2.05) is 55.9 Å². The Balaban J connectivity index is 1.96. The number of aliphatic imine (C=N–C) groups is 1. The summed E-state index contributed by atoms with van der Waals surface area (Å²) in [5, 5.41) is 11.3. The molecule has 4 nitrogen and oxygen atoms in total. The maximum absolute atomic E-state index is 12.6. The van der Waals surface area contributed by atoms with E-state index in [-0.39, 0.29) is 11.7 Å². The van der Waals surface area contributed by atoms with Crippen LogP contribution in [-0.4, -0.2) is 21.2 Å². The van der Waals surface area contributed by atoms with Crippen molar-refractivity contribution < 1.29 is 9.90 Å². The summed E-state index contributed by atoms with van der Waals surface area (Å²) in [6.07, 6.45) is 3.95. The SMILES string of the molecule is Cc1cccc(C)c1N=C1c2ccn(C)c2[C@@]2(O)C(=O)CCC[C@@H]12. The monoisotopic (exact) mass is 322 g/mol. The summed E-state index contributed by atoms with van der Waals surface area (Å²) in [5.41, 5.74) is 4.24. The number of carbonyl (C=O) groups is 1. The fourth-order valence-corrected chi connectivity index (χ4v) is 4.33. The Kier molecular flexibility index (Phi) is 3.29. The van der Waals surface area contributed by atoms with E-state index in [4.69, 9.17) is 4.99 Å². The standard InChI is InChI=1S/C20H22N2O2/c1-12-6-4-7-13(2)17(12)21-18-14-10-11-22(3)19(14)20(24)15(18)8-5-9-16(20)23/h4,6-7,10-11,15,24H,5,8-9H2,1-3H3/t15-,20-/m0/s1.